The zero-order valence-electron chi connectivity index (χ0n) is 11.0. The minimum absolute atomic E-state index is 0.172. The van der Waals surface area contributed by atoms with Crippen LogP contribution in [0.25, 0.3) is 0 Å². The van der Waals surface area contributed by atoms with Crippen LogP contribution in [-0.2, 0) is 14.0 Å². The highest BCUT2D eigenvalue weighted by atomic mass is 28.4. The molecule has 0 aliphatic rings. The lowest BCUT2D eigenvalue weighted by molar-refractivity contribution is -0.154. The van der Waals surface area contributed by atoms with E-state index in [1.54, 1.807) is 6.55 Å². The summed E-state index contributed by atoms with van der Waals surface area (Å²) in [5, 5.41) is 0. The Hall–Kier alpha value is -0.393. The van der Waals surface area contributed by atoms with Gasteiger partial charge in [-0.3, -0.25) is 4.79 Å². The lowest BCUT2D eigenvalue weighted by Gasteiger charge is -2.21. The van der Waals surface area contributed by atoms with Crippen molar-refractivity contribution in [1.29, 1.82) is 0 Å². The van der Waals surface area contributed by atoms with E-state index in [2.05, 4.69) is 0 Å². The fourth-order valence-electron chi connectivity index (χ4n) is 1.01. The van der Waals surface area contributed by atoms with Gasteiger partial charge in [-0.1, -0.05) is 6.92 Å². The predicted octanol–water partition coefficient (Wildman–Crippen LogP) is 2.07. The van der Waals surface area contributed by atoms with Gasteiger partial charge in [0.1, 0.15) is 0 Å². The number of rotatable bonds is 7. The first-order valence-electron chi connectivity index (χ1n) is 5.70. The van der Waals surface area contributed by atoms with Crippen LogP contribution in [0.2, 0.25) is 12.6 Å². The molecule has 0 spiro atoms. The largest absolute Gasteiger partial charge is 0.465 e. The molecule has 0 rings (SSSR count). The summed E-state index contributed by atoms with van der Waals surface area (Å²) in [6.45, 7) is 7.79. The van der Waals surface area contributed by atoms with Gasteiger partial charge in [-0.15, -0.1) is 0 Å². The fraction of sp³-hybridized carbons (Fsp3) is 0.909. The SMILES string of the molecule is CCC(C)(C)C(=O)OCCC[Si](C)(O)OC. The summed E-state index contributed by atoms with van der Waals surface area (Å²) in [7, 11) is -0.982. The quantitative estimate of drug-likeness (QED) is 0.426. The minimum Gasteiger partial charge on any atom is -0.465 e. The Balaban J connectivity index is 3.80. The van der Waals surface area contributed by atoms with Gasteiger partial charge in [-0.05, 0) is 39.3 Å². The summed E-state index contributed by atoms with van der Waals surface area (Å²) in [5.74, 6) is -0.172. The second-order valence-electron chi connectivity index (χ2n) is 4.86. The van der Waals surface area contributed by atoms with E-state index < -0.39 is 14.0 Å². The van der Waals surface area contributed by atoms with Gasteiger partial charge in [0, 0.05) is 7.11 Å². The predicted molar refractivity (Wildman–Crippen MR) is 65.3 cm³/mol. The number of ether oxygens (including phenoxy) is 1. The number of esters is 1. The van der Waals surface area contributed by atoms with Crippen molar-refractivity contribution in [3.63, 3.8) is 0 Å². The van der Waals surface area contributed by atoms with Crippen molar-refractivity contribution >= 4 is 14.5 Å². The van der Waals surface area contributed by atoms with Gasteiger partial charge in [-0.25, -0.2) is 0 Å². The Kier molecular flexibility index (Phi) is 6.21. The minimum atomic E-state index is -2.49. The maximum absolute atomic E-state index is 11.6. The highest BCUT2D eigenvalue weighted by molar-refractivity contribution is 6.64. The lowest BCUT2D eigenvalue weighted by Crippen LogP contribution is -2.33. The molecule has 0 aliphatic heterocycles. The van der Waals surface area contributed by atoms with Crippen LogP contribution in [0.4, 0.5) is 0 Å². The molecule has 1 unspecified atom stereocenters. The van der Waals surface area contributed by atoms with Crippen LogP contribution in [0.15, 0.2) is 0 Å². The summed E-state index contributed by atoms with van der Waals surface area (Å²) in [4.78, 5) is 21.3. The third-order valence-electron chi connectivity index (χ3n) is 2.89. The van der Waals surface area contributed by atoms with Crippen molar-refractivity contribution in [3.05, 3.63) is 0 Å². The first-order valence-corrected chi connectivity index (χ1v) is 8.26. The molecule has 0 fully saturated rings. The summed E-state index contributed by atoms with van der Waals surface area (Å²) in [6.07, 6.45) is 1.41. The van der Waals surface area contributed by atoms with Gasteiger partial charge in [0.25, 0.3) is 0 Å². The molecule has 0 bridgehead atoms. The summed E-state index contributed by atoms with van der Waals surface area (Å²) < 4.78 is 10.1. The van der Waals surface area contributed by atoms with Crippen molar-refractivity contribution in [3.8, 4) is 0 Å². The average Bonchev–Trinajstić information content (AvgIpc) is 2.24. The van der Waals surface area contributed by atoms with Crippen LogP contribution in [0.5, 0.6) is 0 Å². The Morgan fingerprint density at radius 1 is 1.44 bits per heavy atom. The van der Waals surface area contributed by atoms with Crippen molar-refractivity contribution < 1.29 is 18.8 Å². The third-order valence-corrected chi connectivity index (χ3v) is 5.06. The number of hydrogen-bond acceptors (Lipinski definition) is 4. The van der Waals surface area contributed by atoms with Gasteiger partial charge in [0.2, 0.25) is 0 Å². The molecule has 0 aromatic carbocycles. The van der Waals surface area contributed by atoms with E-state index in [0.29, 0.717) is 19.1 Å². The standard InChI is InChI=1S/C11H24O4Si/c1-6-11(2,3)10(12)15-8-7-9-16(5,13)14-4/h13H,6-9H2,1-5H3. The van der Waals surface area contributed by atoms with Crippen LogP contribution >= 0.6 is 0 Å². The third kappa shape index (κ3) is 5.63. The first kappa shape index (κ1) is 15.6. The molecule has 0 amide bonds. The molecule has 16 heavy (non-hydrogen) atoms. The summed E-state index contributed by atoms with van der Waals surface area (Å²) >= 11 is 0. The maximum atomic E-state index is 11.6. The number of hydrogen-bond donors (Lipinski definition) is 1. The highest BCUT2D eigenvalue weighted by Crippen LogP contribution is 2.21. The van der Waals surface area contributed by atoms with Crippen LogP contribution in [0.1, 0.15) is 33.6 Å². The van der Waals surface area contributed by atoms with Gasteiger partial charge in [0.15, 0.2) is 0 Å². The number of carbonyl (C=O) groups is 1. The van der Waals surface area contributed by atoms with Gasteiger partial charge < -0.3 is 14.0 Å². The van der Waals surface area contributed by atoms with Crippen LogP contribution in [-0.4, -0.2) is 33.0 Å². The fourth-order valence-corrected chi connectivity index (χ4v) is 2.01. The molecule has 96 valence electrons. The molecule has 0 aromatic rings. The average molecular weight is 248 g/mol. The lowest BCUT2D eigenvalue weighted by atomic mass is 9.91. The Labute approximate surface area is 99.2 Å². The van der Waals surface area contributed by atoms with E-state index in [9.17, 15) is 9.59 Å². The van der Waals surface area contributed by atoms with E-state index in [1.165, 1.54) is 7.11 Å². The molecule has 0 aromatic heterocycles. The normalized spacial score (nSPS) is 15.6. The zero-order chi connectivity index (χ0) is 12.8. The molecule has 0 radical (unpaired) electrons. The topological polar surface area (TPSA) is 55.8 Å². The molecule has 0 saturated heterocycles. The molecule has 5 heteroatoms. The molecular formula is C11H24O4Si. The second-order valence-corrected chi connectivity index (χ2v) is 8.11. The summed E-state index contributed by atoms with van der Waals surface area (Å²) in [6, 6.07) is 0.587. The van der Waals surface area contributed by atoms with Crippen LogP contribution in [0.3, 0.4) is 0 Å². The Morgan fingerprint density at radius 3 is 2.44 bits per heavy atom. The van der Waals surface area contributed by atoms with Gasteiger partial charge >= 0.3 is 14.5 Å². The molecule has 4 nitrogen and oxygen atoms in total. The maximum Gasteiger partial charge on any atom is 0.332 e. The molecule has 1 N–H and O–H groups in total. The monoisotopic (exact) mass is 248 g/mol. The van der Waals surface area contributed by atoms with Crippen molar-refractivity contribution in [1.82, 2.24) is 0 Å². The van der Waals surface area contributed by atoms with Crippen molar-refractivity contribution in [2.75, 3.05) is 13.7 Å². The Morgan fingerprint density at radius 2 is 2.00 bits per heavy atom. The van der Waals surface area contributed by atoms with Crippen molar-refractivity contribution in [2.24, 2.45) is 5.41 Å². The van der Waals surface area contributed by atoms with Crippen LogP contribution in [0, 0.1) is 5.41 Å². The van der Waals surface area contributed by atoms with E-state index in [1.807, 2.05) is 20.8 Å². The van der Waals surface area contributed by atoms with E-state index in [-0.39, 0.29) is 5.97 Å². The van der Waals surface area contributed by atoms with Gasteiger partial charge in [-0.2, -0.15) is 0 Å². The summed E-state index contributed by atoms with van der Waals surface area (Å²) in [5.41, 5.74) is -0.415. The molecule has 0 heterocycles. The molecular weight excluding hydrogens is 224 g/mol. The van der Waals surface area contributed by atoms with Crippen LogP contribution < -0.4 is 0 Å². The van der Waals surface area contributed by atoms with E-state index >= 15 is 0 Å². The van der Waals surface area contributed by atoms with Gasteiger partial charge in [0.05, 0.1) is 12.0 Å². The smallest absolute Gasteiger partial charge is 0.332 e. The Bertz CT molecular complexity index is 226. The zero-order valence-corrected chi connectivity index (χ0v) is 12.0. The first-order chi connectivity index (χ1) is 7.25. The second kappa shape index (κ2) is 6.37. The van der Waals surface area contributed by atoms with Crippen molar-refractivity contribution in [2.45, 2.75) is 46.2 Å². The molecule has 0 saturated carbocycles. The molecule has 1 atom stereocenters. The number of carbonyl (C=O) groups excluding carboxylic acids is 1. The van der Waals surface area contributed by atoms with E-state index in [0.717, 1.165) is 6.42 Å². The van der Waals surface area contributed by atoms with E-state index in [4.69, 9.17) is 9.16 Å². The highest BCUT2D eigenvalue weighted by Gasteiger charge is 2.28. The molecule has 0 aliphatic carbocycles.